The molecule has 1 saturated heterocycles. The summed E-state index contributed by atoms with van der Waals surface area (Å²) in [7, 11) is 1.39. The first-order chi connectivity index (χ1) is 9.78. The Kier molecular flexibility index (Phi) is 4.21. The summed E-state index contributed by atoms with van der Waals surface area (Å²) in [5.41, 5.74) is 0.422. The van der Waals surface area contributed by atoms with Gasteiger partial charge in [-0.1, -0.05) is 12.8 Å². The molecule has 2 fully saturated rings. The van der Waals surface area contributed by atoms with Crippen LogP contribution in [0.3, 0.4) is 0 Å². The van der Waals surface area contributed by atoms with E-state index >= 15 is 0 Å². The number of rotatable bonds is 3. The monoisotopic (exact) mass is 295 g/mol. The second-order valence-electron chi connectivity index (χ2n) is 5.47. The van der Waals surface area contributed by atoms with Gasteiger partial charge in [0.15, 0.2) is 10.8 Å². The molecule has 0 unspecified atom stereocenters. The Morgan fingerprint density at radius 1 is 1.30 bits per heavy atom. The van der Waals surface area contributed by atoms with Gasteiger partial charge in [0.05, 0.1) is 7.11 Å². The number of piperazine rings is 1. The molecule has 0 radical (unpaired) electrons. The number of nitrogens with zero attached hydrogens (tertiary/aromatic N) is 3. The predicted octanol–water partition coefficient (Wildman–Crippen LogP) is 1.99. The molecule has 1 aliphatic carbocycles. The Morgan fingerprint density at radius 2 is 2.00 bits per heavy atom. The molecule has 20 heavy (non-hydrogen) atoms. The standard InChI is InChI=1S/C14H21N3O2S/c1-19-13(18)12-10-20-14(15-12)17-8-6-16(7-9-17)11-4-2-3-5-11/h10-11H,2-9H2,1H3. The zero-order valence-corrected chi connectivity index (χ0v) is 12.7. The molecule has 6 heteroatoms. The number of methoxy groups -OCH3 is 1. The van der Waals surface area contributed by atoms with Crippen LogP contribution in [0.15, 0.2) is 5.38 Å². The van der Waals surface area contributed by atoms with Gasteiger partial charge in [0.2, 0.25) is 0 Å². The van der Waals surface area contributed by atoms with E-state index in [2.05, 4.69) is 14.8 Å². The number of anilines is 1. The van der Waals surface area contributed by atoms with Crippen molar-refractivity contribution in [3.63, 3.8) is 0 Å². The normalized spacial score (nSPS) is 21.4. The average molecular weight is 295 g/mol. The first-order valence-electron chi connectivity index (χ1n) is 7.31. The molecule has 2 aliphatic rings. The molecule has 1 aromatic heterocycles. The smallest absolute Gasteiger partial charge is 0.357 e. The zero-order chi connectivity index (χ0) is 13.9. The van der Waals surface area contributed by atoms with E-state index in [0.29, 0.717) is 5.69 Å². The van der Waals surface area contributed by atoms with Crippen molar-refractivity contribution in [2.75, 3.05) is 38.2 Å². The Balaban J connectivity index is 1.57. The minimum absolute atomic E-state index is 0.350. The van der Waals surface area contributed by atoms with Crippen LogP contribution in [0, 0.1) is 0 Å². The van der Waals surface area contributed by atoms with Gasteiger partial charge in [0, 0.05) is 37.6 Å². The van der Waals surface area contributed by atoms with Crippen molar-refractivity contribution in [1.82, 2.24) is 9.88 Å². The molecule has 0 amide bonds. The summed E-state index contributed by atoms with van der Waals surface area (Å²) < 4.78 is 4.70. The van der Waals surface area contributed by atoms with Gasteiger partial charge in [-0.15, -0.1) is 11.3 Å². The fourth-order valence-corrected chi connectivity index (χ4v) is 4.00. The number of hydrogen-bond acceptors (Lipinski definition) is 6. The number of carbonyl (C=O) groups excluding carboxylic acids is 1. The Hall–Kier alpha value is -1.14. The minimum Gasteiger partial charge on any atom is -0.464 e. The second-order valence-corrected chi connectivity index (χ2v) is 6.30. The molecule has 0 N–H and O–H groups in total. The third kappa shape index (κ3) is 2.81. The van der Waals surface area contributed by atoms with Crippen molar-refractivity contribution in [2.24, 2.45) is 0 Å². The molecule has 0 atom stereocenters. The lowest BCUT2D eigenvalue weighted by Crippen LogP contribution is -2.49. The Morgan fingerprint density at radius 3 is 2.65 bits per heavy atom. The SMILES string of the molecule is COC(=O)c1csc(N2CCN(C3CCCC3)CC2)n1. The van der Waals surface area contributed by atoms with Gasteiger partial charge >= 0.3 is 5.97 Å². The van der Waals surface area contributed by atoms with Crippen molar-refractivity contribution < 1.29 is 9.53 Å². The predicted molar refractivity (Wildman–Crippen MR) is 79.5 cm³/mol. The second kappa shape index (κ2) is 6.10. The summed E-state index contributed by atoms with van der Waals surface area (Å²) in [5.74, 6) is -0.350. The van der Waals surface area contributed by atoms with Gasteiger partial charge in [-0.3, -0.25) is 4.90 Å². The van der Waals surface area contributed by atoms with Crippen LogP contribution in [0.5, 0.6) is 0 Å². The van der Waals surface area contributed by atoms with E-state index in [4.69, 9.17) is 4.74 Å². The van der Waals surface area contributed by atoms with Gasteiger partial charge in [0.1, 0.15) is 0 Å². The molecule has 5 nitrogen and oxygen atoms in total. The summed E-state index contributed by atoms with van der Waals surface area (Å²) in [6.07, 6.45) is 5.51. The van der Waals surface area contributed by atoms with Crippen molar-refractivity contribution in [3.05, 3.63) is 11.1 Å². The van der Waals surface area contributed by atoms with E-state index in [1.165, 1.54) is 44.1 Å². The largest absolute Gasteiger partial charge is 0.464 e. The van der Waals surface area contributed by atoms with Gasteiger partial charge in [-0.25, -0.2) is 9.78 Å². The highest BCUT2D eigenvalue weighted by Crippen LogP contribution is 2.27. The summed E-state index contributed by atoms with van der Waals surface area (Å²) in [5, 5.41) is 2.72. The van der Waals surface area contributed by atoms with E-state index in [1.807, 2.05) is 0 Å². The highest BCUT2D eigenvalue weighted by molar-refractivity contribution is 7.13. The van der Waals surface area contributed by atoms with Crippen LogP contribution < -0.4 is 4.90 Å². The number of hydrogen-bond donors (Lipinski definition) is 0. The van der Waals surface area contributed by atoms with Crippen LogP contribution in [0.1, 0.15) is 36.2 Å². The van der Waals surface area contributed by atoms with E-state index in [1.54, 1.807) is 5.38 Å². The first-order valence-corrected chi connectivity index (χ1v) is 8.19. The van der Waals surface area contributed by atoms with Crippen molar-refractivity contribution in [1.29, 1.82) is 0 Å². The molecule has 3 rings (SSSR count). The molecule has 0 spiro atoms. The quantitative estimate of drug-likeness (QED) is 0.798. The van der Waals surface area contributed by atoms with E-state index in [9.17, 15) is 4.79 Å². The van der Waals surface area contributed by atoms with Gasteiger partial charge in [-0.05, 0) is 12.8 Å². The van der Waals surface area contributed by atoms with Crippen molar-refractivity contribution >= 4 is 22.4 Å². The first kappa shape index (κ1) is 13.8. The molecular formula is C14H21N3O2S. The van der Waals surface area contributed by atoms with Crippen molar-refractivity contribution in [2.45, 2.75) is 31.7 Å². The lowest BCUT2D eigenvalue weighted by molar-refractivity contribution is 0.0595. The maximum atomic E-state index is 11.4. The third-order valence-electron chi connectivity index (χ3n) is 4.31. The van der Waals surface area contributed by atoms with Crippen LogP contribution >= 0.6 is 11.3 Å². The Labute approximate surface area is 123 Å². The molecule has 0 bridgehead atoms. The van der Waals surface area contributed by atoms with E-state index in [0.717, 1.165) is 37.4 Å². The topological polar surface area (TPSA) is 45.7 Å². The van der Waals surface area contributed by atoms with Crippen LogP contribution in [-0.2, 0) is 4.74 Å². The van der Waals surface area contributed by atoms with Crippen LogP contribution in [0.2, 0.25) is 0 Å². The van der Waals surface area contributed by atoms with E-state index < -0.39 is 0 Å². The molecule has 1 saturated carbocycles. The minimum atomic E-state index is -0.350. The zero-order valence-electron chi connectivity index (χ0n) is 11.9. The summed E-state index contributed by atoms with van der Waals surface area (Å²) in [6.45, 7) is 4.23. The summed E-state index contributed by atoms with van der Waals surface area (Å²) in [6, 6.07) is 0.805. The van der Waals surface area contributed by atoms with Crippen LogP contribution in [0.25, 0.3) is 0 Å². The molecule has 2 heterocycles. The number of esters is 1. The summed E-state index contributed by atoms with van der Waals surface area (Å²) in [4.78, 5) is 20.7. The number of ether oxygens (including phenoxy) is 1. The molecular weight excluding hydrogens is 274 g/mol. The molecule has 1 aromatic rings. The fourth-order valence-electron chi connectivity index (χ4n) is 3.16. The number of aromatic nitrogens is 1. The highest BCUT2D eigenvalue weighted by Gasteiger charge is 2.27. The molecule has 0 aromatic carbocycles. The van der Waals surface area contributed by atoms with Gasteiger partial charge in [-0.2, -0.15) is 0 Å². The van der Waals surface area contributed by atoms with E-state index in [-0.39, 0.29) is 5.97 Å². The van der Waals surface area contributed by atoms with Gasteiger partial charge in [0.25, 0.3) is 0 Å². The fraction of sp³-hybridized carbons (Fsp3) is 0.714. The lowest BCUT2D eigenvalue weighted by Gasteiger charge is -2.37. The van der Waals surface area contributed by atoms with Crippen molar-refractivity contribution in [3.8, 4) is 0 Å². The molecule has 110 valence electrons. The van der Waals surface area contributed by atoms with Gasteiger partial charge < -0.3 is 9.64 Å². The van der Waals surface area contributed by atoms with Crippen LogP contribution in [-0.4, -0.2) is 55.2 Å². The maximum absolute atomic E-state index is 11.4. The average Bonchev–Trinajstić information content (AvgIpc) is 3.18. The van der Waals surface area contributed by atoms with Crippen LogP contribution in [0.4, 0.5) is 5.13 Å². The molecule has 1 aliphatic heterocycles. The third-order valence-corrected chi connectivity index (χ3v) is 5.21. The Bertz CT molecular complexity index is 463. The maximum Gasteiger partial charge on any atom is 0.357 e. The highest BCUT2D eigenvalue weighted by atomic mass is 32.1. The lowest BCUT2D eigenvalue weighted by atomic mass is 10.2. The number of thiazole rings is 1. The number of carbonyl (C=O) groups is 1. The summed E-state index contributed by atoms with van der Waals surface area (Å²) >= 11 is 1.53.